The highest BCUT2D eigenvalue weighted by Gasteiger charge is 2.07. The Morgan fingerprint density at radius 3 is 2.69 bits per heavy atom. The van der Waals surface area contributed by atoms with Gasteiger partial charge in [-0.2, -0.15) is 0 Å². The lowest BCUT2D eigenvalue weighted by molar-refractivity contribution is 0.332. The van der Waals surface area contributed by atoms with E-state index in [1.54, 1.807) is 11.3 Å². The van der Waals surface area contributed by atoms with Gasteiger partial charge in [0.05, 0.1) is 34.1 Å². The Morgan fingerprint density at radius 2 is 1.93 bits per heavy atom. The number of aromatic nitrogens is 1. The third-order valence-electron chi connectivity index (χ3n) is 3.99. The highest BCUT2D eigenvalue weighted by atomic mass is 127. The number of thiazole rings is 1. The summed E-state index contributed by atoms with van der Waals surface area (Å²) in [6.45, 7) is 5.69. The molecule has 8 heteroatoms. The first-order valence-electron chi connectivity index (χ1n) is 9.50. The Labute approximate surface area is 192 Å². The van der Waals surface area contributed by atoms with Gasteiger partial charge in [-0.15, -0.1) is 35.3 Å². The summed E-state index contributed by atoms with van der Waals surface area (Å²) in [5.41, 5.74) is 7.88. The van der Waals surface area contributed by atoms with Gasteiger partial charge in [0.1, 0.15) is 11.5 Å². The monoisotopic (exact) mass is 526 g/mol. The van der Waals surface area contributed by atoms with Crippen molar-refractivity contribution in [1.29, 1.82) is 0 Å². The summed E-state index contributed by atoms with van der Waals surface area (Å²) in [6, 6.07) is 13.8. The van der Waals surface area contributed by atoms with Gasteiger partial charge >= 0.3 is 0 Å². The van der Waals surface area contributed by atoms with Gasteiger partial charge in [-0.05, 0) is 44.5 Å². The zero-order valence-corrected chi connectivity index (χ0v) is 19.8. The lowest BCUT2D eigenvalue weighted by atomic mass is 10.2. The second-order valence-electron chi connectivity index (χ2n) is 6.09. The van der Waals surface area contributed by atoms with Crippen LogP contribution in [-0.2, 0) is 6.42 Å². The van der Waals surface area contributed by atoms with Gasteiger partial charge in [-0.1, -0.05) is 12.1 Å². The van der Waals surface area contributed by atoms with Crippen LogP contribution in [0.4, 0.5) is 5.69 Å². The van der Waals surface area contributed by atoms with Gasteiger partial charge in [-0.25, -0.2) is 4.98 Å². The molecule has 0 aliphatic rings. The molecule has 1 heterocycles. The van der Waals surface area contributed by atoms with E-state index in [0.717, 1.165) is 40.6 Å². The fourth-order valence-corrected chi connectivity index (χ4v) is 3.79. The number of ether oxygens (including phenoxy) is 2. The van der Waals surface area contributed by atoms with Crippen LogP contribution < -0.4 is 20.5 Å². The predicted molar refractivity (Wildman–Crippen MR) is 132 cm³/mol. The molecule has 3 aromatic rings. The first kappa shape index (κ1) is 23.2. The number of halogens is 1. The summed E-state index contributed by atoms with van der Waals surface area (Å²) < 4.78 is 12.4. The van der Waals surface area contributed by atoms with Crippen molar-refractivity contribution in [2.24, 2.45) is 10.7 Å². The predicted octanol–water partition coefficient (Wildman–Crippen LogP) is 5.07. The Hall–Kier alpha value is -2.07. The SMILES string of the molecule is CCOc1ccc(OCC)c(NC(N)=NCCCc2nc3ccccc3s2)c1.I. The molecule has 0 atom stereocenters. The molecule has 0 spiro atoms. The van der Waals surface area contributed by atoms with Crippen molar-refractivity contribution in [1.82, 2.24) is 4.98 Å². The van der Waals surface area contributed by atoms with Gasteiger partial charge in [0.2, 0.25) is 0 Å². The number of para-hydroxylation sites is 1. The molecule has 0 fully saturated rings. The summed E-state index contributed by atoms with van der Waals surface area (Å²) in [7, 11) is 0. The van der Waals surface area contributed by atoms with E-state index in [0.29, 0.717) is 25.7 Å². The fourth-order valence-electron chi connectivity index (χ4n) is 2.78. The van der Waals surface area contributed by atoms with Crippen LogP contribution >= 0.6 is 35.3 Å². The normalized spacial score (nSPS) is 11.2. The first-order chi connectivity index (χ1) is 13.7. The van der Waals surface area contributed by atoms with E-state index in [-0.39, 0.29) is 24.0 Å². The zero-order valence-electron chi connectivity index (χ0n) is 16.7. The van der Waals surface area contributed by atoms with Crippen molar-refractivity contribution in [2.45, 2.75) is 26.7 Å². The van der Waals surface area contributed by atoms with Gasteiger partial charge < -0.3 is 20.5 Å². The number of nitrogens with zero attached hydrogens (tertiary/aromatic N) is 2. The Morgan fingerprint density at radius 1 is 1.14 bits per heavy atom. The number of nitrogens with two attached hydrogens (primary N) is 1. The lowest BCUT2D eigenvalue weighted by Gasteiger charge is -2.13. The third kappa shape index (κ3) is 6.74. The van der Waals surface area contributed by atoms with Crippen molar-refractivity contribution < 1.29 is 9.47 Å². The zero-order chi connectivity index (χ0) is 19.8. The molecule has 1 aromatic heterocycles. The van der Waals surface area contributed by atoms with Crippen molar-refractivity contribution in [2.75, 3.05) is 25.1 Å². The van der Waals surface area contributed by atoms with E-state index in [2.05, 4.69) is 21.4 Å². The summed E-state index contributed by atoms with van der Waals surface area (Å²) in [5, 5.41) is 4.25. The number of benzene rings is 2. The number of aliphatic imine (C=N–C) groups is 1. The topological polar surface area (TPSA) is 81.8 Å². The van der Waals surface area contributed by atoms with E-state index in [9.17, 15) is 0 Å². The second-order valence-corrected chi connectivity index (χ2v) is 7.21. The van der Waals surface area contributed by atoms with Crippen LogP contribution in [0.25, 0.3) is 10.2 Å². The Bertz CT molecular complexity index is 912. The van der Waals surface area contributed by atoms with E-state index in [1.807, 2.05) is 50.2 Å². The maximum Gasteiger partial charge on any atom is 0.193 e. The minimum absolute atomic E-state index is 0. The van der Waals surface area contributed by atoms with Gasteiger partial charge in [0, 0.05) is 19.0 Å². The van der Waals surface area contributed by atoms with Gasteiger partial charge in [0.15, 0.2) is 5.96 Å². The van der Waals surface area contributed by atoms with Crippen molar-refractivity contribution in [3.63, 3.8) is 0 Å². The molecule has 3 N–H and O–H groups in total. The number of fused-ring (bicyclic) bond motifs is 1. The maximum atomic E-state index is 6.07. The summed E-state index contributed by atoms with van der Waals surface area (Å²) in [4.78, 5) is 9.08. The molecule has 0 unspecified atom stereocenters. The van der Waals surface area contributed by atoms with Crippen molar-refractivity contribution in [3.05, 3.63) is 47.5 Å². The molecule has 0 aliphatic carbocycles. The van der Waals surface area contributed by atoms with E-state index in [4.69, 9.17) is 15.2 Å². The molecule has 3 rings (SSSR count). The third-order valence-corrected chi connectivity index (χ3v) is 5.09. The Kier molecular flexibility index (Phi) is 9.46. The highest BCUT2D eigenvalue weighted by Crippen LogP contribution is 2.29. The van der Waals surface area contributed by atoms with Crippen LogP contribution in [0.15, 0.2) is 47.5 Å². The molecule has 0 amide bonds. The number of hydrogen-bond acceptors (Lipinski definition) is 5. The molecule has 2 aromatic carbocycles. The van der Waals surface area contributed by atoms with Crippen LogP contribution in [0, 0.1) is 0 Å². The molecular weight excluding hydrogens is 499 g/mol. The van der Waals surface area contributed by atoms with E-state index in [1.165, 1.54) is 4.70 Å². The minimum atomic E-state index is 0. The second kappa shape index (κ2) is 11.8. The minimum Gasteiger partial charge on any atom is -0.494 e. The fraction of sp³-hybridized carbons (Fsp3) is 0.333. The number of rotatable bonds is 9. The van der Waals surface area contributed by atoms with E-state index >= 15 is 0 Å². The first-order valence-corrected chi connectivity index (χ1v) is 10.3. The molecule has 0 bridgehead atoms. The molecule has 156 valence electrons. The largest absolute Gasteiger partial charge is 0.494 e. The molecular formula is C21H27IN4O2S. The van der Waals surface area contributed by atoms with Crippen LogP contribution in [0.2, 0.25) is 0 Å². The number of hydrogen-bond donors (Lipinski definition) is 2. The number of nitrogens with one attached hydrogen (secondary N) is 1. The quantitative estimate of drug-likeness (QED) is 0.176. The number of guanidine groups is 1. The van der Waals surface area contributed by atoms with Gasteiger partial charge in [0.25, 0.3) is 0 Å². The maximum absolute atomic E-state index is 6.07. The molecule has 29 heavy (non-hydrogen) atoms. The van der Waals surface area contributed by atoms with Crippen LogP contribution in [-0.4, -0.2) is 30.7 Å². The molecule has 0 saturated carbocycles. The van der Waals surface area contributed by atoms with Crippen LogP contribution in [0.1, 0.15) is 25.3 Å². The average molecular weight is 526 g/mol. The van der Waals surface area contributed by atoms with Crippen molar-refractivity contribution in [3.8, 4) is 11.5 Å². The smallest absolute Gasteiger partial charge is 0.193 e. The molecule has 0 aliphatic heterocycles. The number of aryl methyl sites for hydroxylation is 1. The van der Waals surface area contributed by atoms with Crippen LogP contribution in [0.5, 0.6) is 11.5 Å². The molecule has 0 saturated heterocycles. The molecule has 6 nitrogen and oxygen atoms in total. The van der Waals surface area contributed by atoms with Gasteiger partial charge in [-0.3, -0.25) is 4.99 Å². The highest BCUT2D eigenvalue weighted by molar-refractivity contribution is 14.0. The summed E-state index contributed by atoms with van der Waals surface area (Å²) >= 11 is 1.74. The van der Waals surface area contributed by atoms with E-state index < -0.39 is 0 Å². The molecule has 0 radical (unpaired) electrons. The number of anilines is 1. The average Bonchev–Trinajstić information content (AvgIpc) is 3.10. The Balaban J connectivity index is 0.00000300. The standard InChI is InChI=1S/C21H26N4O2S.HI/c1-3-26-15-11-12-18(27-4-2)17(14-15)25-21(22)23-13-7-10-20-24-16-8-5-6-9-19(16)28-20;/h5-6,8-9,11-12,14H,3-4,7,10,13H2,1-2H3,(H3,22,23,25);1H. The van der Waals surface area contributed by atoms with Crippen molar-refractivity contribution >= 4 is 57.2 Å². The van der Waals surface area contributed by atoms with Crippen LogP contribution in [0.3, 0.4) is 0 Å². The lowest BCUT2D eigenvalue weighted by Crippen LogP contribution is -2.23. The summed E-state index contributed by atoms with van der Waals surface area (Å²) in [5.74, 6) is 1.84. The summed E-state index contributed by atoms with van der Waals surface area (Å²) in [6.07, 6.45) is 1.78.